The summed E-state index contributed by atoms with van der Waals surface area (Å²) in [6.45, 7) is 1.02. The zero-order chi connectivity index (χ0) is 12.7. The van der Waals surface area contributed by atoms with E-state index in [9.17, 15) is 13.2 Å². The lowest BCUT2D eigenvalue weighted by molar-refractivity contribution is 0.444. The molecule has 0 aromatic heterocycles. The first-order valence-electron chi connectivity index (χ1n) is 5.42. The Kier molecular flexibility index (Phi) is 5.58. The molecule has 1 aromatic carbocycles. The van der Waals surface area contributed by atoms with Crippen molar-refractivity contribution in [3.63, 3.8) is 0 Å². The van der Waals surface area contributed by atoms with Gasteiger partial charge in [-0.3, -0.25) is 0 Å². The van der Waals surface area contributed by atoms with E-state index in [0.29, 0.717) is 18.7 Å². The highest BCUT2D eigenvalue weighted by molar-refractivity contribution is 5.19. The van der Waals surface area contributed by atoms with E-state index < -0.39 is 17.5 Å². The summed E-state index contributed by atoms with van der Waals surface area (Å²) in [5.74, 6) is -1.22. The van der Waals surface area contributed by atoms with E-state index in [1.807, 2.05) is 0 Å². The maximum Gasteiger partial charge on any atom is 0.194 e. The first-order chi connectivity index (χ1) is 8.15. The number of unbranched alkanes of at least 4 members (excludes halogenated alkanes) is 2. The molecular formula is C13H14F3N. The van der Waals surface area contributed by atoms with Gasteiger partial charge in [-0.05, 0) is 37.1 Å². The third-order valence-corrected chi connectivity index (χ3v) is 2.30. The van der Waals surface area contributed by atoms with Crippen LogP contribution in [0.1, 0.15) is 24.8 Å². The third-order valence-electron chi connectivity index (χ3n) is 2.30. The van der Waals surface area contributed by atoms with Crippen molar-refractivity contribution < 1.29 is 13.2 Å². The lowest BCUT2D eigenvalue weighted by Gasteiger charge is -2.05. The summed E-state index contributed by atoms with van der Waals surface area (Å²) in [4.78, 5) is 0. The van der Waals surface area contributed by atoms with E-state index in [0.717, 1.165) is 31.4 Å². The Morgan fingerprint density at radius 2 is 1.76 bits per heavy atom. The van der Waals surface area contributed by atoms with Gasteiger partial charge in [-0.15, -0.1) is 12.3 Å². The van der Waals surface area contributed by atoms with E-state index in [4.69, 9.17) is 6.42 Å². The molecule has 0 aliphatic heterocycles. The van der Waals surface area contributed by atoms with Gasteiger partial charge < -0.3 is 5.32 Å². The molecule has 4 heteroatoms. The number of hydrogen-bond acceptors (Lipinski definition) is 1. The molecule has 0 aliphatic carbocycles. The fraction of sp³-hybridized carbons (Fsp3) is 0.385. The van der Waals surface area contributed by atoms with Gasteiger partial charge >= 0.3 is 0 Å². The van der Waals surface area contributed by atoms with Gasteiger partial charge in [0.2, 0.25) is 0 Å². The molecule has 0 heterocycles. The summed E-state index contributed by atoms with van der Waals surface area (Å²) >= 11 is 0. The van der Waals surface area contributed by atoms with Gasteiger partial charge in [0.15, 0.2) is 17.5 Å². The number of rotatable bonds is 6. The normalized spacial score (nSPS) is 10.2. The first kappa shape index (κ1) is 13.6. The summed E-state index contributed by atoms with van der Waals surface area (Å²) in [5.41, 5.74) is 0.387. The van der Waals surface area contributed by atoms with Crippen LogP contribution < -0.4 is 5.32 Å². The summed E-state index contributed by atoms with van der Waals surface area (Å²) in [6.07, 6.45) is 7.63. The lowest BCUT2D eigenvalue weighted by atomic mass is 10.2. The Labute approximate surface area is 99.0 Å². The van der Waals surface area contributed by atoms with Crippen LogP contribution in [-0.4, -0.2) is 6.54 Å². The Morgan fingerprint density at radius 3 is 2.35 bits per heavy atom. The second-order valence-electron chi connectivity index (χ2n) is 3.71. The molecule has 0 radical (unpaired) electrons. The van der Waals surface area contributed by atoms with Crippen molar-refractivity contribution in [3.8, 4) is 12.3 Å². The van der Waals surface area contributed by atoms with Crippen molar-refractivity contribution >= 4 is 0 Å². The second kappa shape index (κ2) is 6.97. The minimum Gasteiger partial charge on any atom is -0.313 e. The van der Waals surface area contributed by atoms with Gasteiger partial charge in [-0.2, -0.15) is 0 Å². The first-order valence-corrected chi connectivity index (χ1v) is 5.42. The van der Waals surface area contributed by atoms with Gasteiger partial charge in [-0.25, -0.2) is 13.2 Å². The third kappa shape index (κ3) is 4.49. The highest BCUT2D eigenvalue weighted by atomic mass is 19.2. The quantitative estimate of drug-likeness (QED) is 0.458. The molecule has 0 saturated heterocycles. The van der Waals surface area contributed by atoms with Crippen molar-refractivity contribution in [3.05, 3.63) is 35.1 Å². The predicted octanol–water partition coefficient (Wildman–Crippen LogP) is 3.00. The van der Waals surface area contributed by atoms with Crippen LogP contribution in [0.25, 0.3) is 0 Å². The summed E-state index contributed by atoms with van der Waals surface area (Å²) in [7, 11) is 0. The minimum absolute atomic E-state index is 0.310. The van der Waals surface area contributed by atoms with Crippen molar-refractivity contribution in [1.29, 1.82) is 0 Å². The fourth-order valence-electron chi connectivity index (χ4n) is 1.42. The predicted molar refractivity (Wildman–Crippen MR) is 60.7 cm³/mol. The molecule has 1 nitrogen and oxygen atoms in total. The lowest BCUT2D eigenvalue weighted by Crippen LogP contribution is -2.15. The summed E-state index contributed by atoms with van der Waals surface area (Å²) in [5, 5.41) is 3.01. The standard InChI is InChI=1S/C13H14F3N/c1-2-3-4-5-6-17-9-10-7-11(14)13(16)12(15)8-10/h1,7-8,17H,3-6,9H2. The molecule has 0 atom stereocenters. The van der Waals surface area contributed by atoms with Crippen molar-refractivity contribution in [2.75, 3.05) is 6.54 Å². The molecule has 0 spiro atoms. The number of terminal acetylenes is 1. The van der Waals surface area contributed by atoms with Crippen molar-refractivity contribution in [1.82, 2.24) is 5.32 Å². The van der Waals surface area contributed by atoms with Gasteiger partial charge in [0.1, 0.15) is 0 Å². The molecule has 0 unspecified atom stereocenters. The van der Waals surface area contributed by atoms with Gasteiger partial charge in [-0.1, -0.05) is 0 Å². The number of halogens is 3. The van der Waals surface area contributed by atoms with Crippen LogP contribution >= 0.6 is 0 Å². The van der Waals surface area contributed by atoms with Gasteiger partial charge in [0.05, 0.1) is 0 Å². The Bertz CT molecular complexity index is 387. The van der Waals surface area contributed by atoms with E-state index >= 15 is 0 Å². The highest BCUT2D eigenvalue weighted by Gasteiger charge is 2.09. The largest absolute Gasteiger partial charge is 0.313 e. The van der Waals surface area contributed by atoms with Crippen LogP contribution in [0.15, 0.2) is 12.1 Å². The molecule has 0 amide bonds. The van der Waals surface area contributed by atoms with Crippen molar-refractivity contribution in [2.24, 2.45) is 0 Å². The van der Waals surface area contributed by atoms with Gasteiger partial charge in [0, 0.05) is 13.0 Å². The van der Waals surface area contributed by atoms with E-state index in [-0.39, 0.29) is 0 Å². The zero-order valence-corrected chi connectivity index (χ0v) is 9.40. The van der Waals surface area contributed by atoms with E-state index in [1.165, 1.54) is 0 Å². The molecule has 1 aromatic rings. The topological polar surface area (TPSA) is 12.0 Å². The second-order valence-corrected chi connectivity index (χ2v) is 3.71. The van der Waals surface area contributed by atoms with E-state index in [2.05, 4.69) is 11.2 Å². The Hall–Kier alpha value is -1.47. The van der Waals surface area contributed by atoms with Crippen LogP contribution in [0.4, 0.5) is 13.2 Å². The average molecular weight is 241 g/mol. The van der Waals surface area contributed by atoms with Crippen LogP contribution in [0, 0.1) is 29.8 Å². The zero-order valence-electron chi connectivity index (χ0n) is 9.40. The Morgan fingerprint density at radius 1 is 1.12 bits per heavy atom. The molecule has 0 fully saturated rings. The minimum atomic E-state index is -1.43. The van der Waals surface area contributed by atoms with Gasteiger partial charge in [0.25, 0.3) is 0 Å². The van der Waals surface area contributed by atoms with Crippen LogP contribution in [-0.2, 0) is 6.54 Å². The maximum absolute atomic E-state index is 12.9. The van der Waals surface area contributed by atoms with Crippen LogP contribution in [0.2, 0.25) is 0 Å². The molecule has 17 heavy (non-hydrogen) atoms. The molecular weight excluding hydrogens is 227 g/mol. The van der Waals surface area contributed by atoms with Crippen molar-refractivity contribution in [2.45, 2.75) is 25.8 Å². The Balaban J connectivity index is 2.35. The molecule has 0 bridgehead atoms. The highest BCUT2D eigenvalue weighted by Crippen LogP contribution is 2.13. The average Bonchev–Trinajstić information content (AvgIpc) is 2.30. The molecule has 92 valence electrons. The van der Waals surface area contributed by atoms with E-state index in [1.54, 1.807) is 0 Å². The number of nitrogens with one attached hydrogen (secondary N) is 1. The monoisotopic (exact) mass is 241 g/mol. The molecule has 1 rings (SSSR count). The molecule has 0 saturated carbocycles. The fourth-order valence-corrected chi connectivity index (χ4v) is 1.42. The molecule has 0 aliphatic rings. The smallest absolute Gasteiger partial charge is 0.194 e. The summed E-state index contributed by atoms with van der Waals surface area (Å²) in [6, 6.07) is 1.99. The SMILES string of the molecule is C#CCCCCNCc1cc(F)c(F)c(F)c1. The number of hydrogen-bond donors (Lipinski definition) is 1. The molecule has 1 N–H and O–H groups in total. The maximum atomic E-state index is 12.9. The number of benzene rings is 1. The summed E-state index contributed by atoms with van der Waals surface area (Å²) < 4.78 is 38.4. The van der Waals surface area contributed by atoms with Crippen LogP contribution in [0.5, 0.6) is 0 Å². The van der Waals surface area contributed by atoms with Crippen LogP contribution in [0.3, 0.4) is 0 Å².